The number of rotatable bonds is 8. The third-order valence-electron chi connectivity index (χ3n) is 6.37. The molecule has 2 amide bonds. The zero-order chi connectivity index (χ0) is 28.3. The van der Waals surface area contributed by atoms with Crippen LogP contribution >= 0.6 is 0 Å². The Balaban J connectivity index is 0.00000151. The van der Waals surface area contributed by atoms with Crippen molar-refractivity contribution in [3.05, 3.63) is 145 Å². The second-order valence-electron chi connectivity index (χ2n) is 8.90. The first-order valence-electron chi connectivity index (χ1n) is 13.4. The van der Waals surface area contributed by atoms with E-state index in [4.69, 9.17) is 4.42 Å². The first-order valence-corrected chi connectivity index (χ1v) is 13.4. The second-order valence-corrected chi connectivity index (χ2v) is 8.90. The highest BCUT2D eigenvalue weighted by Crippen LogP contribution is 2.32. The van der Waals surface area contributed by atoms with Crippen molar-refractivity contribution in [1.29, 1.82) is 0 Å². The summed E-state index contributed by atoms with van der Waals surface area (Å²) >= 11 is 0. The number of nitrogens with zero attached hydrogens (tertiary/aromatic N) is 2. The minimum atomic E-state index is -0.991. The molecule has 0 saturated carbocycles. The number of amides is 2. The van der Waals surface area contributed by atoms with Crippen molar-refractivity contribution >= 4 is 17.5 Å². The van der Waals surface area contributed by atoms with Crippen LogP contribution in [0, 0.1) is 0 Å². The van der Waals surface area contributed by atoms with Gasteiger partial charge in [-0.25, -0.2) is 0 Å². The molecule has 2 atom stereocenters. The fourth-order valence-electron chi connectivity index (χ4n) is 4.42. The summed E-state index contributed by atoms with van der Waals surface area (Å²) in [6.45, 7) is 5.92. The molecule has 0 fully saturated rings. The molecule has 5 aromatic rings. The molecule has 0 aliphatic rings. The Morgan fingerprint density at radius 3 is 2.00 bits per heavy atom. The molecule has 6 heteroatoms. The van der Waals surface area contributed by atoms with Crippen molar-refractivity contribution < 1.29 is 15.4 Å². The van der Waals surface area contributed by atoms with E-state index >= 15 is 0 Å². The van der Waals surface area contributed by atoms with Gasteiger partial charge in [0.1, 0.15) is 6.04 Å². The monoisotopic (exact) mass is 533 g/mol. The van der Waals surface area contributed by atoms with Crippen molar-refractivity contribution in [3.63, 3.8) is 0 Å². The van der Waals surface area contributed by atoms with Crippen LogP contribution in [0.15, 0.2) is 132 Å². The average Bonchev–Trinajstić information content (AvgIpc) is 3.57. The van der Waals surface area contributed by atoms with Gasteiger partial charge in [-0.3, -0.25) is 19.5 Å². The molecule has 1 N–H and O–H groups in total. The topological polar surface area (TPSA) is 75.4 Å². The van der Waals surface area contributed by atoms with Gasteiger partial charge in [-0.15, -0.1) is 0 Å². The molecule has 5 rings (SSSR count). The van der Waals surface area contributed by atoms with Crippen LogP contribution in [-0.2, 0) is 4.79 Å². The maximum absolute atomic E-state index is 13.9. The Bertz CT molecular complexity index is 1480. The Morgan fingerprint density at radius 2 is 1.40 bits per heavy atom. The summed E-state index contributed by atoms with van der Waals surface area (Å²) in [7, 11) is 0. The molecule has 0 aliphatic heterocycles. The van der Waals surface area contributed by atoms with Crippen LogP contribution in [0.4, 0.5) is 5.69 Å². The fraction of sp³-hybridized carbons (Fsp3) is 0.147. The Kier molecular flexibility index (Phi) is 9.62. The van der Waals surface area contributed by atoms with Crippen molar-refractivity contribution in [2.75, 3.05) is 4.90 Å². The maximum atomic E-state index is 13.9. The van der Waals surface area contributed by atoms with E-state index in [1.807, 2.05) is 106 Å². The zero-order valence-corrected chi connectivity index (χ0v) is 22.9. The molecule has 0 radical (unpaired) electrons. The molecule has 6 nitrogen and oxygen atoms in total. The predicted octanol–water partition coefficient (Wildman–Crippen LogP) is 7.88. The van der Waals surface area contributed by atoms with Gasteiger partial charge in [-0.1, -0.05) is 92.7 Å². The summed E-state index contributed by atoms with van der Waals surface area (Å²) < 4.78 is 5.47. The minimum Gasteiger partial charge on any atom is -0.459 e. The zero-order valence-electron chi connectivity index (χ0n) is 22.9. The summed E-state index contributed by atoms with van der Waals surface area (Å²) in [6.07, 6.45) is 4.69. The smallest absolute Gasteiger partial charge is 0.294 e. The second kappa shape index (κ2) is 13.7. The third-order valence-corrected chi connectivity index (χ3v) is 6.37. The fourth-order valence-corrected chi connectivity index (χ4v) is 4.42. The van der Waals surface area contributed by atoms with Gasteiger partial charge in [-0.2, -0.15) is 0 Å². The minimum absolute atomic E-state index is 0. The van der Waals surface area contributed by atoms with E-state index in [1.54, 1.807) is 36.7 Å². The lowest BCUT2D eigenvalue weighted by atomic mass is 10.0. The molecular formula is C34H35N3O3. The van der Waals surface area contributed by atoms with E-state index in [9.17, 15) is 9.59 Å². The number of aromatic nitrogens is 1. The van der Waals surface area contributed by atoms with Crippen LogP contribution in [-0.4, -0.2) is 16.8 Å². The summed E-state index contributed by atoms with van der Waals surface area (Å²) in [4.78, 5) is 33.5. The molecule has 40 heavy (non-hydrogen) atoms. The molecule has 0 saturated heterocycles. The van der Waals surface area contributed by atoms with Crippen LogP contribution in [0.25, 0.3) is 11.1 Å². The van der Waals surface area contributed by atoms with Crippen molar-refractivity contribution in [1.82, 2.24) is 10.3 Å². The number of hydrogen-bond donors (Lipinski definition) is 1. The van der Waals surface area contributed by atoms with E-state index < -0.39 is 11.9 Å². The van der Waals surface area contributed by atoms with Crippen molar-refractivity contribution in [2.45, 2.75) is 32.9 Å². The summed E-state index contributed by atoms with van der Waals surface area (Å²) in [5.41, 5.74) is 4.16. The highest BCUT2D eigenvalue weighted by Gasteiger charge is 2.35. The van der Waals surface area contributed by atoms with Gasteiger partial charge in [0.2, 0.25) is 5.91 Å². The maximum Gasteiger partial charge on any atom is 0.294 e. The van der Waals surface area contributed by atoms with Gasteiger partial charge in [0.25, 0.3) is 5.91 Å². The Hall–Kier alpha value is -4.97. The summed E-state index contributed by atoms with van der Waals surface area (Å²) in [5, 5.41) is 3.09. The molecule has 0 bridgehead atoms. The lowest BCUT2D eigenvalue weighted by Crippen LogP contribution is -2.44. The Morgan fingerprint density at radius 1 is 0.775 bits per heavy atom. The van der Waals surface area contributed by atoms with Crippen LogP contribution in [0.3, 0.4) is 0 Å². The van der Waals surface area contributed by atoms with Gasteiger partial charge in [-0.05, 0) is 53.9 Å². The van der Waals surface area contributed by atoms with Gasteiger partial charge in [0, 0.05) is 25.1 Å². The largest absolute Gasteiger partial charge is 0.459 e. The average molecular weight is 534 g/mol. The SMILES string of the molecule is CC.CC(NC(=O)C(c1cccnc1)N(C(=O)c1ccco1)c1ccc(-c2ccccc2)cc1)c1ccccc1.[HH]. The summed E-state index contributed by atoms with van der Waals surface area (Å²) in [5.74, 6) is -0.629. The molecule has 2 heterocycles. The summed E-state index contributed by atoms with van der Waals surface area (Å²) in [6, 6.07) is 32.8. The number of furan rings is 1. The lowest BCUT2D eigenvalue weighted by Gasteiger charge is -2.31. The first kappa shape index (κ1) is 28.0. The van der Waals surface area contributed by atoms with Crippen molar-refractivity contribution in [2.24, 2.45) is 0 Å². The molecule has 0 spiro atoms. The molecule has 3 aromatic carbocycles. The number of carbonyl (C=O) groups is 2. The number of anilines is 1. The highest BCUT2D eigenvalue weighted by atomic mass is 16.3. The van der Waals surface area contributed by atoms with Crippen LogP contribution in [0.5, 0.6) is 0 Å². The number of benzene rings is 3. The number of nitrogens with one attached hydrogen (secondary N) is 1. The predicted molar refractivity (Wildman–Crippen MR) is 161 cm³/mol. The molecular weight excluding hydrogens is 498 g/mol. The third kappa shape index (κ3) is 6.53. The van der Waals surface area contributed by atoms with Gasteiger partial charge in [0.15, 0.2) is 5.76 Å². The number of pyridine rings is 1. The standard InChI is InChI=1S/C32H27N3O3.C2H6.H2/c1-23(24-10-4-2-5-11-24)34-31(36)30(27-14-8-20-33-22-27)35(32(37)29-15-9-21-38-29)28-18-16-26(17-19-28)25-12-6-3-7-13-25;1-2;/h2-23,30H,1H3,(H,34,36);1-2H3;1H. The van der Waals surface area contributed by atoms with E-state index in [0.717, 1.165) is 16.7 Å². The van der Waals surface area contributed by atoms with E-state index in [2.05, 4.69) is 10.3 Å². The van der Waals surface area contributed by atoms with Crippen molar-refractivity contribution in [3.8, 4) is 11.1 Å². The lowest BCUT2D eigenvalue weighted by molar-refractivity contribution is -0.123. The van der Waals surface area contributed by atoms with E-state index in [0.29, 0.717) is 11.3 Å². The number of carbonyl (C=O) groups excluding carboxylic acids is 2. The number of hydrogen-bond acceptors (Lipinski definition) is 4. The highest BCUT2D eigenvalue weighted by molar-refractivity contribution is 6.08. The van der Waals surface area contributed by atoms with E-state index in [1.165, 1.54) is 11.2 Å². The van der Waals surface area contributed by atoms with Crippen LogP contribution in [0.1, 0.15) is 56.0 Å². The molecule has 2 aromatic heterocycles. The normalized spacial score (nSPS) is 11.9. The van der Waals surface area contributed by atoms with Gasteiger partial charge >= 0.3 is 0 Å². The molecule has 2 unspecified atom stereocenters. The van der Waals surface area contributed by atoms with Crippen LogP contribution < -0.4 is 10.2 Å². The molecule has 204 valence electrons. The first-order chi connectivity index (χ1) is 19.6. The van der Waals surface area contributed by atoms with E-state index in [-0.39, 0.29) is 19.1 Å². The quantitative estimate of drug-likeness (QED) is 0.220. The Labute approximate surface area is 236 Å². The van der Waals surface area contributed by atoms with Gasteiger partial charge in [0.05, 0.1) is 12.3 Å². The van der Waals surface area contributed by atoms with Crippen LogP contribution in [0.2, 0.25) is 0 Å². The molecule has 0 aliphatic carbocycles. The van der Waals surface area contributed by atoms with Gasteiger partial charge < -0.3 is 9.73 Å².